The van der Waals surface area contributed by atoms with Gasteiger partial charge in [-0.15, -0.1) is 0 Å². The van der Waals surface area contributed by atoms with Crippen molar-refractivity contribution >= 4 is 23.2 Å². The highest BCUT2D eigenvalue weighted by molar-refractivity contribution is 6.32. The van der Waals surface area contributed by atoms with Crippen LogP contribution in [0.3, 0.4) is 0 Å². The summed E-state index contributed by atoms with van der Waals surface area (Å²) in [6.45, 7) is 2.77. The highest BCUT2D eigenvalue weighted by Gasteiger charge is 2.41. The van der Waals surface area contributed by atoms with E-state index in [4.69, 9.17) is 16.3 Å². The molecular formula is C10H11ClN2O2. The number of anilines is 1. The van der Waals surface area contributed by atoms with Crippen LogP contribution < -0.4 is 5.32 Å². The number of carbonyl (C=O) groups is 1. The Bertz CT molecular complexity index is 391. The molecule has 0 bridgehead atoms. The SMILES string of the molecule is CC1(C(=O)Nc2cccnc2Cl)COC1. The maximum absolute atomic E-state index is 11.8. The van der Waals surface area contributed by atoms with Crippen molar-refractivity contribution in [2.45, 2.75) is 6.92 Å². The number of halogens is 1. The van der Waals surface area contributed by atoms with Crippen LogP contribution in [0, 0.1) is 5.41 Å². The van der Waals surface area contributed by atoms with Crippen molar-refractivity contribution in [3.8, 4) is 0 Å². The fraction of sp³-hybridized carbons (Fsp3) is 0.400. The lowest BCUT2D eigenvalue weighted by Gasteiger charge is -2.36. The van der Waals surface area contributed by atoms with Crippen molar-refractivity contribution in [1.29, 1.82) is 0 Å². The van der Waals surface area contributed by atoms with Crippen molar-refractivity contribution in [3.05, 3.63) is 23.5 Å². The predicted molar refractivity (Wildman–Crippen MR) is 56.8 cm³/mol. The Kier molecular flexibility index (Phi) is 2.63. The fourth-order valence-electron chi connectivity index (χ4n) is 1.29. The van der Waals surface area contributed by atoms with Gasteiger partial charge in [-0.1, -0.05) is 11.6 Å². The lowest BCUT2D eigenvalue weighted by molar-refractivity contribution is -0.151. The van der Waals surface area contributed by atoms with E-state index in [1.807, 2.05) is 6.92 Å². The van der Waals surface area contributed by atoms with Gasteiger partial charge >= 0.3 is 0 Å². The van der Waals surface area contributed by atoms with Gasteiger partial charge in [0.25, 0.3) is 0 Å². The molecule has 0 radical (unpaired) electrons. The molecule has 5 heteroatoms. The largest absolute Gasteiger partial charge is 0.379 e. The molecule has 0 saturated carbocycles. The molecule has 1 aromatic rings. The standard InChI is InChI=1S/C10H11ClN2O2/c1-10(5-15-6-10)9(14)13-7-3-2-4-12-8(7)11/h2-4H,5-6H2,1H3,(H,13,14). The highest BCUT2D eigenvalue weighted by atomic mass is 35.5. The van der Waals surface area contributed by atoms with Crippen LogP contribution in [0.4, 0.5) is 5.69 Å². The number of rotatable bonds is 2. The van der Waals surface area contributed by atoms with Crippen LogP contribution in [0.2, 0.25) is 5.15 Å². The predicted octanol–water partition coefficient (Wildman–Crippen LogP) is 1.71. The topological polar surface area (TPSA) is 51.2 Å². The van der Waals surface area contributed by atoms with E-state index in [2.05, 4.69) is 10.3 Å². The number of carbonyl (C=O) groups excluding carboxylic acids is 1. The van der Waals surface area contributed by atoms with Crippen molar-refractivity contribution < 1.29 is 9.53 Å². The fourth-order valence-corrected chi connectivity index (χ4v) is 1.46. The summed E-state index contributed by atoms with van der Waals surface area (Å²) in [7, 11) is 0. The first-order chi connectivity index (χ1) is 7.12. The zero-order chi connectivity index (χ0) is 10.9. The number of ether oxygens (including phenoxy) is 1. The van der Waals surface area contributed by atoms with Crippen LogP contribution >= 0.6 is 11.6 Å². The molecule has 0 unspecified atom stereocenters. The summed E-state index contributed by atoms with van der Waals surface area (Å²) in [6.07, 6.45) is 1.58. The first-order valence-corrected chi connectivity index (χ1v) is 4.99. The molecule has 2 rings (SSSR count). The Labute approximate surface area is 92.6 Å². The van der Waals surface area contributed by atoms with Gasteiger partial charge in [-0.3, -0.25) is 4.79 Å². The monoisotopic (exact) mass is 226 g/mol. The lowest BCUT2D eigenvalue weighted by Crippen LogP contribution is -2.49. The van der Waals surface area contributed by atoms with Gasteiger partial charge in [-0.25, -0.2) is 4.98 Å². The van der Waals surface area contributed by atoms with E-state index in [1.165, 1.54) is 0 Å². The molecule has 1 aliphatic rings. The molecule has 1 saturated heterocycles. The summed E-state index contributed by atoms with van der Waals surface area (Å²) in [4.78, 5) is 15.7. The van der Waals surface area contributed by atoms with Crippen LogP contribution in [-0.4, -0.2) is 24.1 Å². The van der Waals surface area contributed by atoms with Crippen LogP contribution in [-0.2, 0) is 9.53 Å². The molecule has 0 aliphatic carbocycles. The van der Waals surface area contributed by atoms with E-state index >= 15 is 0 Å². The summed E-state index contributed by atoms with van der Waals surface area (Å²) in [5.74, 6) is -0.0800. The molecule has 15 heavy (non-hydrogen) atoms. The van der Waals surface area contributed by atoms with E-state index in [-0.39, 0.29) is 5.91 Å². The number of hydrogen-bond acceptors (Lipinski definition) is 3. The first kappa shape index (κ1) is 10.4. The summed E-state index contributed by atoms with van der Waals surface area (Å²) in [5, 5.41) is 3.04. The van der Waals surface area contributed by atoms with Gasteiger partial charge in [0.05, 0.1) is 24.3 Å². The van der Waals surface area contributed by atoms with Gasteiger partial charge in [0.1, 0.15) is 0 Å². The molecule has 1 fully saturated rings. The molecule has 1 amide bonds. The van der Waals surface area contributed by atoms with Gasteiger partial charge in [0, 0.05) is 6.20 Å². The smallest absolute Gasteiger partial charge is 0.235 e. The summed E-state index contributed by atoms with van der Waals surface area (Å²) < 4.78 is 5.02. The zero-order valence-electron chi connectivity index (χ0n) is 8.29. The summed E-state index contributed by atoms with van der Waals surface area (Å²) in [5.41, 5.74) is 0.108. The maximum Gasteiger partial charge on any atom is 0.235 e. The average molecular weight is 227 g/mol. The zero-order valence-corrected chi connectivity index (χ0v) is 9.04. The molecule has 4 nitrogen and oxygen atoms in total. The van der Waals surface area contributed by atoms with Crippen molar-refractivity contribution in [3.63, 3.8) is 0 Å². The molecule has 80 valence electrons. The second-order valence-corrected chi connectivity index (χ2v) is 4.21. The molecule has 1 N–H and O–H groups in total. The molecule has 0 spiro atoms. The third-order valence-electron chi connectivity index (χ3n) is 2.40. The Hall–Kier alpha value is -1.13. The van der Waals surface area contributed by atoms with Crippen LogP contribution in [0.1, 0.15) is 6.92 Å². The first-order valence-electron chi connectivity index (χ1n) is 4.61. The Balaban J connectivity index is 2.09. The number of amides is 1. The van der Waals surface area contributed by atoms with Gasteiger partial charge in [0.2, 0.25) is 5.91 Å². The minimum atomic E-state index is -0.431. The number of aromatic nitrogens is 1. The van der Waals surface area contributed by atoms with Gasteiger partial charge in [-0.2, -0.15) is 0 Å². The van der Waals surface area contributed by atoms with E-state index in [0.717, 1.165) is 0 Å². The average Bonchev–Trinajstić information content (AvgIpc) is 2.18. The van der Waals surface area contributed by atoms with Crippen LogP contribution in [0.5, 0.6) is 0 Å². The minimum Gasteiger partial charge on any atom is -0.379 e. The molecule has 0 atom stereocenters. The van der Waals surface area contributed by atoms with E-state index in [0.29, 0.717) is 24.1 Å². The molecule has 1 aromatic heterocycles. The van der Waals surface area contributed by atoms with Crippen LogP contribution in [0.25, 0.3) is 0 Å². The molecule has 0 aromatic carbocycles. The Morgan fingerprint density at radius 2 is 2.40 bits per heavy atom. The third-order valence-corrected chi connectivity index (χ3v) is 2.70. The number of nitrogens with one attached hydrogen (secondary N) is 1. The molecule has 1 aliphatic heterocycles. The van der Waals surface area contributed by atoms with E-state index in [9.17, 15) is 4.79 Å². The lowest BCUT2D eigenvalue weighted by atomic mass is 9.87. The van der Waals surface area contributed by atoms with E-state index in [1.54, 1.807) is 18.3 Å². The van der Waals surface area contributed by atoms with Crippen molar-refractivity contribution in [1.82, 2.24) is 4.98 Å². The highest BCUT2D eigenvalue weighted by Crippen LogP contribution is 2.29. The minimum absolute atomic E-state index is 0.0800. The third kappa shape index (κ3) is 1.96. The maximum atomic E-state index is 11.8. The second-order valence-electron chi connectivity index (χ2n) is 3.85. The van der Waals surface area contributed by atoms with Gasteiger partial charge in [0.15, 0.2) is 5.15 Å². The molecule has 2 heterocycles. The Morgan fingerprint density at radius 1 is 1.67 bits per heavy atom. The van der Waals surface area contributed by atoms with Crippen molar-refractivity contribution in [2.24, 2.45) is 5.41 Å². The normalized spacial score (nSPS) is 18.0. The van der Waals surface area contributed by atoms with Gasteiger partial charge < -0.3 is 10.1 Å². The van der Waals surface area contributed by atoms with Gasteiger partial charge in [-0.05, 0) is 19.1 Å². The quantitative estimate of drug-likeness (QED) is 0.782. The second kappa shape index (κ2) is 3.79. The number of hydrogen-bond donors (Lipinski definition) is 1. The molecular weight excluding hydrogens is 216 g/mol. The summed E-state index contributed by atoms with van der Waals surface area (Å²) in [6, 6.07) is 3.44. The number of pyridine rings is 1. The van der Waals surface area contributed by atoms with Crippen LogP contribution in [0.15, 0.2) is 18.3 Å². The Morgan fingerprint density at radius 3 is 2.93 bits per heavy atom. The van der Waals surface area contributed by atoms with Crippen molar-refractivity contribution in [2.75, 3.05) is 18.5 Å². The van der Waals surface area contributed by atoms with E-state index < -0.39 is 5.41 Å². The number of nitrogens with zero attached hydrogens (tertiary/aromatic N) is 1. The summed E-state index contributed by atoms with van der Waals surface area (Å²) >= 11 is 5.82.